The van der Waals surface area contributed by atoms with E-state index in [4.69, 9.17) is 4.74 Å². The van der Waals surface area contributed by atoms with Gasteiger partial charge in [-0.2, -0.15) is 0 Å². The summed E-state index contributed by atoms with van der Waals surface area (Å²) < 4.78 is 28.7. The number of carbonyl (C=O) groups is 2. The fraction of sp³-hybridized carbons (Fsp3) is 0.364. The van der Waals surface area contributed by atoms with Gasteiger partial charge in [0.15, 0.2) is 16.4 Å². The average Bonchev–Trinajstić information content (AvgIpc) is 3.07. The summed E-state index contributed by atoms with van der Waals surface area (Å²) in [5, 5.41) is 0. The second-order valence-electron chi connectivity index (χ2n) is 7.13. The lowest BCUT2D eigenvalue weighted by Gasteiger charge is -2.26. The van der Waals surface area contributed by atoms with E-state index in [0.29, 0.717) is 24.9 Å². The molecule has 1 saturated heterocycles. The Morgan fingerprint density at radius 1 is 1.07 bits per heavy atom. The molecule has 2 aromatic rings. The first-order chi connectivity index (χ1) is 13.9. The predicted octanol–water partition coefficient (Wildman–Crippen LogP) is 2.47. The summed E-state index contributed by atoms with van der Waals surface area (Å²) in [4.78, 5) is 26.6. The summed E-state index contributed by atoms with van der Waals surface area (Å²) in [5.74, 6) is -0.863. The second-order valence-corrected chi connectivity index (χ2v) is 9.36. The topological polar surface area (TPSA) is 80.8 Å². The molecule has 0 bridgehead atoms. The highest BCUT2D eigenvalue weighted by molar-refractivity contribution is 7.91. The molecule has 154 valence electrons. The Bertz CT molecular complexity index is 972. The Balaban J connectivity index is 1.64. The molecule has 1 atom stereocenters. The first-order valence-corrected chi connectivity index (χ1v) is 11.5. The largest absolute Gasteiger partial charge is 0.452 e. The summed E-state index contributed by atoms with van der Waals surface area (Å²) in [5.41, 5.74) is 2.32. The van der Waals surface area contributed by atoms with Crippen LogP contribution in [-0.2, 0) is 25.8 Å². The highest BCUT2D eigenvalue weighted by Crippen LogP contribution is 2.19. The molecule has 7 heteroatoms. The summed E-state index contributed by atoms with van der Waals surface area (Å²) in [6.07, 6.45) is 1.01. The maximum Gasteiger partial charge on any atom is 0.338 e. The molecule has 0 radical (unpaired) electrons. The van der Waals surface area contributed by atoms with Crippen molar-refractivity contribution in [3.8, 4) is 0 Å². The van der Waals surface area contributed by atoms with Gasteiger partial charge in [-0.25, -0.2) is 13.2 Å². The second kappa shape index (κ2) is 9.22. The molecule has 1 heterocycles. The van der Waals surface area contributed by atoms with Crippen LogP contribution in [0, 0.1) is 0 Å². The van der Waals surface area contributed by atoms with Crippen LogP contribution in [0.15, 0.2) is 54.6 Å². The number of hydrogen-bond acceptors (Lipinski definition) is 5. The molecule has 0 unspecified atom stereocenters. The molecule has 1 fully saturated rings. The molecule has 3 rings (SSSR count). The van der Waals surface area contributed by atoms with Crippen molar-refractivity contribution in [2.24, 2.45) is 0 Å². The number of carbonyl (C=O) groups excluding carboxylic acids is 2. The standard InChI is InChI=1S/C22H25NO5S/c1-2-23(19-12-13-29(26,27)16-19)21(24)15-28-22(25)20-11-7-6-10-18(20)14-17-8-4-3-5-9-17/h3-11,19H,2,12-16H2,1H3/t19-/m0/s1. The summed E-state index contributed by atoms with van der Waals surface area (Å²) >= 11 is 0. The van der Waals surface area contributed by atoms with E-state index in [1.165, 1.54) is 4.90 Å². The maximum absolute atomic E-state index is 12.6. The van der Waals surface area contributed by atoms with E-state index in [1.54, 1.807) is 19.1 Å². The SMILES string of the molecule is CCN(C(=O)COC(=O)c1ccccc1Cc1ccccc1)[C@H]1CCS(=O)(=O)C1. The maximum atomic E-state index is 12.6. The Hall–Kier alpha value is -2.67. The molecule has 0 aromatic heterocycles. The van der Waals surface area contributed by atoms with Crippen molar-refractivity contribution in [1.29, 1.82) is 0 Å². The Kier molecular flexibility index (Phi) is 6.69. The third-order valence-electron chi connectivity index (χ3n) is 5.11. The van der Waals surface area contributed by atoms with E-state index in [9.17, 15) is 18.0 Å². The zero-order valence-corrected chi connectivity index (χ0v) is 17.2. The first kappa shape index (κ1) is 21.0. The van der Waals surface area contributed by atoms with E-state index >= 15 is 0 Å². The first-order valence-electron chi connectivity index (χ1n) is 9.68. The number of benzene rings is 2. The van der Waals surface area contributed by atoms with E-state index in [0.717, 1.165) is 11.1 Å². The normalized spacial score (nSPS) is 17.6. The van der Waals surface area contributed by atoms with Gasteiger partial charge in [0.1, 0.15) is 0 Å². The molecule has 1 amide bonds. The van der Waals surface area contributed by atoms with Gasteiger partial charge < -0.3 is 9.64 Å². The monoisotopic (exact) mass is 415 g/mol. The molecule has 1 aliphatic rings. The molecule has 0 aliphatic carbocycles. The molecular formula is C22H25NO5S. The molecule has 6 nitrogen and oxygen atoms in total. The minimum atomic E-state index is -3.10. The van der Waals surface area contributed by atoms with Gasteiger partial charge in [-0.15, -0.1) is 0 Å². The number of sulfone groups is 1. The van der Waals surface area contributed by atoms with Crippen molar-refractivity contribution >= 4 is 21.7 Å². The number of nitrogens with zero attached hydrogens (tertiary/aromatic N) is 1. The van der Waals surface area contributed by atoms with Gasteiger partial charge in [-0.1, -0.05) is 48.5 Å². The molecule has 0 N–H and O–H groups in total. The van der Waals surface area contributed by atoms with Gasteiger partial charge in [0, 0.05) is 12.6 Å². The molecule has 2 aromatic carbocycles. The third kappa shape index (κ3) is 5.44. The zero-order valence-electron chi connectivity index (χ0n) is 16.4. The van der Waals surface area contributed by atoms with Crippen molar-refractivity contribution in [3.63, 3.8) is 0 Å². The van der Waals surface area contributed by atoms with Crippen molar-refractivity contribution in [2.45, 2.75) is 25.8 Å². The highest BCUT2D eigenvalue weighted by Gasteiger charge is 2.34. The number of esters is 1. The Morgan fingerprint density at radius 3 is 2.41 bits per heavy atom. The van der Waals surface area contributed by atoms with Crippen LogP contribution in [0.25, 0.3) is 0 Å². The molecule has 29 heavy (non-hydrogen) atoms. The van der Waals surface area contributed by atoms with E-state index in [1.807, 2.05) is 42.5 Å². The fourth-order valence-corrected chi connectivity index (χ4v) is 5.37. The van der Waals surface area contributed by atoms with Crippen LogP contribution in [0.4, 0.5) is 0 Å². The van der Waals surface area contributed by atoms with Crippen LogP contribution >= 0.6 is 0 Å². The molecule has 0 spiro atoms. The van der Waals surface area contributed by atoms with Crippen LogP contribution in [0.1, 0.15) is 34.8 Å². The zero-order chi connectivity index (χ0) is 20.9. The minimum absolute atomic E-state index is 0.0273. The number of hydrogen-bond donors (Lipinski definition) is 0. The van der Waals surface area contributed by atoms with Crippen molar-refractivity contribution in [3.05, 3.63) is 71.3 Å². The van der Waals surface area contributed by atoms with Crippen molar-refractivity contribution < 1.29 is 22.7 Å². The van der Waals surface area contributed by atoms with Crippen LogP contribution in [0.5, 0.6) is 0 Å². The van der Waals surface area contributed by atoms with Gasteiger partial charge in [0.25, 0.3) is 5.91 Å². The van der Waals surface area contributed by atoms with Crippen molar-refractivity contribution in [2.75, 3.05) is 24.7 Å². The average molecular weight is 416 g/mol. The lowest BCUT2D eigenvalue weighted by Crippen LogP contribution is -2.43. The lowest BCUT2D eigenvalue weighted by atomic mass is 10.00. The summed E-state index contributed by atoms with van der Waals surface area (Å²) in [6.45, 7) is 1.77. The molecular weight excluding hydrogens is 390 g/mol. The van der Waals surface area contributed by atoms with Gasteiger partial charge >= 0.3 is 5.97 Å². The van der Waals surface area contributed by atoms with E-state index in [2.05, 4.69) is 0 Å². The van der Waals surface area contributed by atoms with Gasteiger partial charge in [0.05, 0.1) is 17.1 Å². The Labute approximate surface area is 171 Å². The smallest absolute Gasteiger partial charge is 0.338 e. The number of rotatable bonds is 7. The molecule has 0 saturated carbocycles. The summed E-state index contributed by atoms with van der Waals surface area (Å²) in [6, 6.07) is 16.6. The summed E-state index contributed by atoms with van der Waals surface area (Å²) in [7, 11) is -3.10. The third-order valence-corrected chi connectivity index (χ3v) is 6.86. The van der Waals surface area contributed by atoms with Crippen LogP contribution < -0.4 is 0 Å². The van der Waals surface area contributed by atoms with Crippen LogP contribution in [0.3, 0.4) is 0 Å². The quantitative estimate of drug-likeness (QED) is 0.649. The van der Waals surface area contributed by atoms with E-state index < -0.39 is 22.4 Å². The lowest BCUT2D eigenvalue weighted by molar-refractivity contribution is -0.136. The van der Waals surface area contributed by atoms with Gasteiger partial charge in [0.2, 0.25) is 0 Å². The highest BCUT2D eigenvalue weighted by atomic mass is 32.2. The van der Waals surface area contributed by atoms with Crippen LogP contribution in [-0.4, -0.2) is 55.9 Å². The molecule has 1 aliphatic heterocycles. The predicted molar refractivity (Wildman–Crippen MR) is 110 cm³/mol. The Morgan fingerprint density at radius 2 is 1.76 bits per heavy atom. The minimum Gasteiger partial charge on any atom is -0.452 e. The van der Waals surface area contributed by atoms with Crippen LogP contribution in [0.2, 0.25) is 0 Å². The number of ether oxygens (including phenoxy) is 1. The number of likely N-dealkylation sites (N-methyl/N-ethyl adjacent to an activating group) is 1. The van der Waals surface area contributed by atoms with Crippen molar-refractivity contribution in [1.82, 2.24) is 4.90 Å². The fourth-order valence-electron chi connectivity index (χ4n) is 3.64. The van der Waals surface area contributed by atoms with Gasteiger partial charge in [-0.05, 0) is 37.0 Å². The number of amides is 1. The van der Waals surface area contributed by atoms with Gasteiger partial charge in [-0.3, -0.25) is 4.79 Å². The van der Waals surface area contributed by atoms with E-state index in [-0.39, 0.29) is 23.5 Å².